The highest BCUT2D eigenvalue weighted by atomic mass is 16.5. The zero-order valence-electron chi connectivity index (χ0n) is 16.0. The van der Waals surface area contributed by atoms with Crippen molar-refractivity contribution in [1.29, 1.82) is 5.26 Å². The van der Waals surface area contributed by atoms with E-state index in [1.165, 1.54) is 0 Å². The van der Waals surface area contributed by atoms with Crippen molar-refractivity contribution < 1.29 is 19.4 Å². The van der Waals surface area contributed by atoms with Gasteiger partial charge in [-0.3, -0.25) is 9.59 Å². The predicted molar refractivity (Wildman–Crippen MR) is 108 cm³/mol. The molecule has 0 aliphatic rings. The van der Waals surface area contributed by atoms with Gasteiger partial charge in [0.15, 0.2) is 12.3 Å². The van der Waals surface area contributed by atoms with Gasteiger partial charge in [-0.2, -0.15) is 5.26 Å². The second-order valence-electron chi connectivity index (χ2n) is 6.22. The van der Waals surface area contributed by atoms with Crippen LogP contribution in [-0.4, -0.2) is 34.6 Å². The first-order chi connectivity index (χ1) is 14.6. The van der Waals surface area contributed by atoms with Crippen LogP contribution in [0.2, 0.25) is 0 Å². The van der Waals surface area contributed by atoms with Crippen LogP contribution in [0.15, 0.2) is 64.8 Å². The van der Waals surface area contributed by atoms with Crippen molar-refractivity contribution in [3.05, 3.63) is 54.6 Å². The standard InChI is InChI=1S/C21H19N5O4/c22-11-6-12-26-17-10-5-4-9-16(17)20(21(26)29)25-24-18(27)13-23-19(28)14-30-15-7-2-1-3-8-15/h1-5,7-10,29H,6,12-14H2,(H,23,28). The topological polar surface area (TPSA) is 129 Å². The number of aromatic hydroxyl groups is 1. The molecule has 9 nitrogen and oxygen atoms in total. The Kier molecular flexibility index (Phi) is 6.74. The summed E-state index contributed by atoms with van der Waals surface area (Å²) in [6.45, 7) is -0.306. The minimum absolute atomic E-state index is 0.135. The van der Waals surface area contributed by atoms with Gasteiger partial charge in [0.2, 0.25) is 5.88 Å². The van der Waals surface area contributed by atoms with E-state index >= 15 is 0 Å². The normalized spacial score (nSPS) is 10.8. The molecule has 0 aliphatic carbocycles. The van der Waals surface area contributed by atoms with E-state index in [0.29, 0.717) is 16.7 Å². The number of amides is 2. The lowest BCUT2D eigenvalue weighted by atomic mass is 10.2. The van der Waals surface area contributed by atoms with E-state index in [2.05, 4.69) is 15.5 Å². The number of ether oxygens (including phenoxy) is 1. The van der Waals surface area contributed by atoms with Crippen LogP contribution in [-0.2, 0) is 16.1 Å². The maximum atomic E-state index is 12.0. The summed E-state index contributed by atoms with van der Waals surface area (Å²) in [6.07, 6.45) is 0.207. The largest absolute Gasteiger partial charge is 0.493 e. The summed E-state index contributed by atoms with van der Waals surface area (Å²) in [4.78, 5) is 23.8. The van der Waals surface area contributed by atoms with Gasteiger partial charge < -0.3 is 19.7 Å². The molecule has 1 heterocycles. The molecule has 1 aromatic heterocycles. The van der Waals surface area contributed by atoms with Gasteiger partial charge in [-0.05, 0) is 18.2 Å². The summed E-state index contributed by atoms with van der Waals surface area (Å²) in [6, 6.07) is 17.9. The Labute approximate surface area is 172 Å². The zero-order valence-corrected chi connectivity index (χ0v) is 16.0. The highest BCUT2D eigenvalue weighted by molar-refractivity contribution is 5.95. The summed E-state index contributed by atoms with van der Waals surface area (Å²) in [5.41, 5.74) is 0.814. The lowest BCUT2D eigenvalue weighted by Crippen LogP contribution is -2.32. The number of carbonyl (C=O) groups is 2. The van der Waals surface area contributed by atoms with Crippen molar-refractivity contribution in [1.82, 2.24) is 9.88 Å². The summed E-state index contributed by atoms with van der Waals surface area (Å²) >= 11 is 0. The van der Waals surface area contributed by atoms with Gasteiger partial charge in [-0.15, -0.1) is 10.2 Å². The quantitative estimate of drug-likeness (QED) is 0.557. The van der Waals surface area contributed by atoms with Gasteiger partial charge in [0.1, 0.15) is 12.3 Å². The fraction of sp³-hybridized carbons (Fsp3) is 0.190. The molecule has 0 radical (unpaired) electrons. The maximum absolute atomic E-state index is 12.0. The number of aromatic nitrogens is 1. The summed E-state index contributed by atoms with van der Waals surface area (Å²) in [5.74, 6) is -0.792. The second kappa shape index (κ2) is 9.84. The van der Waals surface area contributed by atoms with Crippen LogP contribution in [0, 0.1) is 11.3 Å². The number of rotatable bonds is 8. The SMILES string of the molecule is N#CCCn1c(O)c(N=NC(=O)CNC(=O)COc2ccccc2)c2ccccc21. The lowest BCUT2D eigenvalue weighted by Gasteiger charge is -2.05. The van der Waals surface area contributed by atoms with E-state index in [0.717, 1.165) is 0 Å². The number of hydrogen-bond acceptors (Lipinski definition) is 6. The molecule has 0 saturated heterocycles. The molecule has 3 rings (SSSR count). The Morgan fingerprint density at radius 1 is 1.13 bits per heavy atom. The van der Waals surface area contributed by atoms with Crippen molar-refractivity contribution in [2.75, 3.05) is 13.2 Å². The van der Waals surface area contributed by atoms with E-state index in [-0.39, 0.29) is 37.7 Å². The molecule has 0 aliphatic heterocycles. The Morgan fingerprint density at radius 2 is 1.87 bits per heavy atom. The first-order valence-electron chi connectivity index (χ1n) is 9.16. The first kappa shape index (κ1) is 20.5. The Balaban J connectivity index is 1.61. The maximum Gasteiger partial charge on any atom is 0.283 e. The van der Waals surface area contributed by atoms with E-state index in [1.807, 2.05) is 12.1 Å². The highest BCUT2D eigenvalue weighted by Crippen LogP contribution is 2.38. The minimum atomic E-state index is -0.684. The van der Waals surface area contributed by atoms with Crippen LogP contribution in [0.1, 0.15) is 6.42 Å². The number of carbonyl (C=O) groups excluding carboxylic acids is 2. The van der Waals surface area contributed by atoms with Gasteiger partial charge in [0.25, 0.3) is 11.8 Å². The zero-order chi connectivity index (χ0) is 21.3. The van der Waals surface area contributed by atoms with Crippen molar-refractivity contribution in [3.8, 4) is 17.7 Å². The summed E-state index contributed by atoms with van der Waals surface area (Å²) in [5, 5.41) is 29.7. The van der Waals surface area contributed by atoms with E-state index < -0.39 is 11.8 Å². The monoisotopic (exact) mass is 405 g/mol. The molecular weight excluding hydrogens is 386 g/mol. The number of fused-ring (bicyclic) bond motifs is 1. The van der Waals surface area contributed by atoms with Crippen LogP contribution >= 0.6 is 0 Å². The van der Waals surface area contributed by atoms with Gasteiger partial charge in [0, 0.05) is 11.9 Å². The third kappa shape index (κ3) is 4.99. The minimum Gasteiger partial charge on any atom is -0.493 e. The molecule has 3 aromatic rings. The first-order valence-corrected chi connectivity index (χ1v) is 9.16. The number of nitrogens with zero attached hydrogens (tertiary/aromatic N) is 4. The molecule has 2 N–H and O–H groups in total. The molecule has 0 atom stereocenters. The number of nitriles is 1. The molecule has 0 fully saturated rings. The molecule has 2 amide bonds. The number of benzene rings is 2. The Morgan fingerprint density at radius 3 is 2.63 bits per heavy atom. The molecule has 0 unspecified atom stereocenters. The van der Waals surface area contributed by atoms with Crippen molar-refractivity contribution >= 4 is 28.4 Å². The van der Waals surface area contributed by atoms with Crippen LogP contribution < -0.4 is 10.1 Å². The van der Waals surface area contributed by atoms with Crippen molar-refractivity contribution in [3.63, 3.8) is 0 Å². The smallest absolute Gasteiger partial charge is 0.283 e. The van der Waals surface area contributed by atoms with Crippen molar-refractivity contribution in [2.24, 2.45) is 10.2 Å². The molecule has 0 spiro atoms. The molecule has 152 valence electrons. The average Bonchev–Trinajstić information content (AvgIpc) is 3.04. The fourth-order valence-corrected chi connectivity index (χ4v) is 2.79. The number of para-hydroxylation sites is 2. The number of nitrogens with one attached hydrogen (secondary N) is 1. The molecule has 0 bridgehead atoms. The molecule has 0 saturated carbocycles. The lowest BCUT2D eigenvalue weighted by molar-refractivity contribution is -0.126. The molecule has 30 heavy (non-hydrogen) atoms. The average molecular weight is 405 g/mol. The number of azo groups is 1. The second-order valence-corrected chi connectivity index (χ2v) is 6.22. The summed E-state index contributed by atoms with van der Waals surface area (Å²) < 4.78 is 6.83. The summed E-state index contributed by atoms with van der Waals surface area (Å²) in [7, 11) is 0. The number of hydrogen-bond donors (Lipinski definition) is 2. The van der Waals surface area contributed by atoms with Gasteiger partial charge in [-0.1, -0.05) is 36.4 Å². The Bertz CT molecular complexity index is 1120. The van der Waals surface area contributed by atoms with E-state index in [1.54, 1.807) is 53.1 Å². The van der Waals surface area contributed by atoms with Crippen LogP contribution in [0.4, 0.5) is 5.69 Å². The van der Waals surface area contributed by atoms with Crippen LogP contribution in [0.5, 0.6) is 11.6 Å². The van der Waals surface area contributed by atoms with Crippen LogP contribution in [0.25, 0.3) is 10.9 Å². The fourth-order valence-electron chi connectivity index (χ4n) is 2.79. The van der Waals surface area contributed by atoms with E-state index in [4.69, 9.17) is 10.00 Å². The molecule has 2 aromatic carbocycles. The third-order valence-corrected chi connectivity index (χ3v) is 4.18. The Hall–Kier alpha value is -4.19. The highest BCUT2D eigenvalue weighted by Gasteiger charge is 2.16. The molecular formula is C21H19N5O4. The predicted octanol–water partition coefficient (Wildman–Crippen LogP) is 3.07. The van der Waals surface area contributed by atoms with Crippen molar-refractivity contribution in [2.45, 2.75) is 13.0 Å². The van der Waals surface area contributed by atoms with Gasteiger partial charge in [-0.25, -0.2) is 0 Å². The van der Waals surface area contributed by atoms with Gasteiger partial charge >= 0.3 is 0 Å². The third-order valence-electron chi connectivity index (χ3n) is 4.18. The van der Waals surface area contributed by atoms with E-state index in [9.17, 15) is 14.7 Å². The number of aryl methyl sites for hydroxylation is 1. The van der Waals surface area contributed by atoms with Crippen LogP contribution in [0.3, 0.4) is 0 Å². The van der Waals surface area contributed by atoms with Gasteiger partial charge in [0.05, 0.1) is 18.0 Å². The molecule has 9 heteroatoms.